The van der Waals surface area contributed by atoms with Gasteiger partial charge in [-0.05, 0) is 0 Å². The Bertz CT molecular complexity index is 665. The van der Waals surface area contributed by atoms with Crippen molar-refractivity contribution in [3.05, 3.63) is 59.2 Å². The second-order valence-corrected chi connectivity index (χ2v) is 6.46. The molecule has 1 aliphatic carbocycles. The molecule has 0 spiro atoms. The minimum atomic E-state index is 0. The largest absolute Gasteiger partial charge is 1.00 e. The van der Waals surface area contributed by atoms with Gasteiger partial charge in [-0.3, -0.25) is 0 Å². The van der Waals surface area contributed by atoms with E-state index in [4.69, 9.17) is 4.74 Å². The molecule has 0 N–H and O–H groups in total. The number of benzene rings is 2. The number of ether oxygens (including phenoxy) is 1. The first-order chi connectivity index (χ1) is 9.74. The molecule has 113 valence electrons. The molecule has 3 rings (SSSR count). The smallest absolute Gasteiger partial charge is 1.00 e. The van der Waals surface area contributed by atoms with E-state index in [-0.39, 0.29) is 24.8 Å². The molecule has 0 radical (unpaired) electrons. The molecule has 1 nitrogen and oxygen atoms in total. The first-order valence-electron chi connectivity index (χ1n) is 6.93. The SMILES string of the molecule is CCC1=Cc2c(-c3ccc(OC)cc3)cccc2[CH]1[Zr+2].[Cl-].[Cl-]. The van der Waals surface area contributed by atoms with Crippen molar-refractivity contribution in [1.82, 2.24) is 0 Å². The summed E-state index contributed by atoms with van der Waals surface area (Å²) in [6, 6.07) is 15.0. The summed E-state index contributed by atoms with van der Waals surface area (Å²) in [7, 11) is 1.70. The van der Waals surface area contributed by atoms with Gasteiger partial charge in [0.05, 0.1) is 0 Å². The molecule has 0 aliphatic heterocycles. The van der Waals surface area contributed by atoms with E-state index in [1.165, 1.54) is 22.3 Å². The van der Waals surface area contributed by atoms with Gasteiger partial charge in [0.1, 0.15) is 0 Å². The molecule has 22 heavy (non-hydrogen) atoms. The summed E-state index contributed by atoms with van der Waals surface area (Å²) in [5, 5.41) is 0. The molecule has 2 aromatic carbocycles. The second kappa shape index (κ2) is 8.34. The van der Waals surface area contributed by atoms with Crippen molar-refractivity contribution in [3.63, 3.8) is 0 Å². The van der Waals surface area contributed by atoms with Crippen LogP contribution >= 0.6 is 0 Å². The zero-order valence-electron chi connectivity index (χ0n) is 12.6. The van der Waals surface area contributed by atoms with E-state index in [1.807, 2.05) is 12.1 Å². The first kappa shape index (κ1) is 19.5. The average molecular weight is 411 g/mol. The van der Waals surface area contributed by atoms with Crippen molar-refractivity contribution < 1.29 is 54.3 Å². The molecule has 4 heteroatoms. The van der Waals surface area contributed by atoms with Crippen LogP contribution in [0.5, 0.6) is 5.75 Å². The molecule has 1 unspecified atom stereocenters. The summed E-state index contributed by atoms with van der Waals surface area (Å²) in [5.74, 6) is 0.907. The molecular weight excluding hydrogens is 394 g/mol. The summed E-state index contributed by atoms with van der Waals surface area (Å²) in [6.45, 7) is 2.25. The zero-order chi connectivity index (χ0) is 14.1. The van der Waals surface area contributed by atoms with Crippen LogP contribution in [0.15, 0.2) is 48.0 Å². The molecule has 0 aromatic heterocycles. The standard InChI is InChI=1S/C18H17O.2ClH.Zr/c1-3-13-11-15-5-4-6-17(18(15)12-13)14-7-9-16(19-2)10-8-14;;;/h4-12H,3H2,1-2H3;2*1H;/q;;;+2/p-2. The Morgan fingerprint density at radius 3 is 2.32 bits per heavy atom. The fourth-order valence-electron chi connectivity index (χ4n) is 2.79. The maximum Gasteiger partial charge on any atom is -1.00 e. The molecule has 2 aromatic rings. The maximum absolute atomic E-state index is 5.24. The van der Waals surface area contributed by atoms with Gasteiger partial charge in [-0.25, -0.2) is 0 Å². The van der Waals surface area contributed by atoms with Crippen molar-refractivity contribution in [2.24, 2.45) is 0 Å². The number of halogens is 2. The first-order valence-corrected chi connectivity index (χ1v) is 8.35. The Morgan fingerprint density at radius 1 is 1.05 bits per heavy atom. The summed E-state index contributed by atoms with van der Waals surface area (Å²) < 4.78 is 5.88. The third-order valence-electron chi connectivity index (χ3n) is 3.96. The van der Waals surface area contributed by atoms with Gasteiger partial charge in [0, 0.05) is 0 Å². The summed E-state index contributed by atoms with van der Waals surface area (Å²) in [5.41, 5.74) is 7.07. The van der Waals surface area contributed by atoms with E-state index in [1.54, 1.807) is 37.4 Å². The fourth-order valence-corrected chi connectivity index (χ4v) is 4.12. The van der Waals surface area contributed by atoms with E-state index in [0.29, 0.717) is 3.63 Å². The van der Waals surface area contributed by atoms with Gasteiger partial charge < -0.3 is 24.8 Å². The predicted molar refractivity (Wildman–Crippen MR) is 79.4 cm³/mol. The molecule has 1 atom stereocenters. The van der Waals surface area contributed by atoms with E-state index in [2.05, 4.69) is 43.3 Å². The van der Waals surface area contributed by atoms with E-state index < -0.39 is 0 Å². The van der Waals surface area contributed by atoms with Crippen molar-refractivity contribution in [1.29, 1.82) is 0 Å². The topological polar surface area (TPSA) is 9.23 Å². The molecule has 0 saturated carbocycles. The van der Waals surface area contributed by atoms with E-state index in [0.717, 1.165) is 12.2 Å². The van der Waals surface area contributed by atoms with Crippen LogP contribution in [-0.2, 0) is 24.7 Å². The van der Waals surface area contributed by atoms with Gasteiger partial charge in [-0.2, -0.15) is 0 Å². The minimum Gasteiger partial charge on any atom is -1.00 e. The normalized spacial score (nSPS) is 15.3. The number of hydrogen-bond acceptors (Lipinski definition) is 1. The third-order valence-corrected chi connectivity index (χ3v) is 5.64. The van der Waals surface area contributed by atoms with Crippen LogP contribution in [0.1, 0.15) is 28.1 Å². The monoisotopic (exact) mass is 409 g/mol. The van der Waals surface area contributed by atoms with Crippen LogP contribution < -0.4 is 29.6 Å². The second-order valence-electron chi connectivity index (χ2n) is 5.04. The quantitative estimate of drug-likeness (QED) is 0.615. The number of methoxy groups -OCH3 is 1. The van der Waals surface area contributed by atoms with Gasteiger partial charge in [0.25, 0.3) is 0 Å². The molecule has 1 aliphatic rings. The summed E-state index contributed by atoms with van der Waals surface area (Å²) >= 11 is 1.58. The van der Waals surface area contributed by atoms with Gasteiger partial charge in [0.15, 0.2) is 0 Å². The van der Waals surface area contributed by atoms with E-state index >= 15 is 0 Å². The summed E-state index contributed by atoms with van der Waals surface area (Å²) in [6.07, 6.45) is 3.54. The van der Waals surface area contributed by atoms with Crippen LogP contribution in [0.3, 0.4) is 0 Å². The Hall–Kier alpha value is -0.557. The van der Waals surface area contributed by atoms with Gasteiger partial charge >= 0.3 is 136 Å². The van der Waals surface area contributed by atoms with Crippen LogP contribution in [0.4, 0.5) is 0 Å². The van der Waals surface area contributed by atoms with Gasteiger partial charge in [-0.15, -0.1) is 0 Å². The number of hydrogen-bond donors (Lipinski definition) is 0. The minimum absolute atomic E-state index is 0. The Kier molecular flexibility index (Phi) is 7.39. The van der Waals surface area contributed by atoms with Crippen LogP contribution in [0.25, 0.3) is 17.2 Å². The fraction of sp³-hybridized carbons (Fsp3) is 0.222. The van der Waals surface area contributed by atoms with Crippen molar-refractivity contribution in [3.8, 4) is 16.9 Å². The predicted octanol–water partition coefficient (Wildman–Crippen LogP) is -1.23. The van der Waals surface area contributed by atoms with Crippen molar-refractivity contribution >= 4 is 6.08 Å². The van der Waals surface area contributed by atoms with Crippen LogP contribution in [0, 0.1) is 0 Å². The Balaban J connectivity index is 0.00000121. The zero-order valence-corrected chi connectivity index (χ0v) is 16.5. The molecule has 0 heterocycles. The number of fused-ring (bicyclic) bond motifs is 1. The van der Waals surface area contributed by atoms with Crippen molar-refractivity contribution in [2.75, 3.05) is 7.11 Å². The Labute approximate surface area is 159 Å². The molecule has 0 fully saturated rings. The number of allylic oxidation sites excluding steroid dienone is 1. The van der Waals surface area contributed by atoms with E-state index in [9.17, 15) is 0 Å². The average Bonchev–Trinajstić information content (AvgIpc) is 2.84. The third kappa shape index (κ3) is 3.50. The van der Waals surface area contributed by atoms with Crippen LogP contribution in [0.2, 0.25) is 0 Å². The molecule has 0 bridgehead atoms. The van der Waals surface area contributed by atoms with Gasteiger partial charge in [0.2, 0.25) is 0 Å². The number of rotatable bonds is 3. The molecule has 0 saturated heterocycles. The van der Waals surface area contributed by atoms with Crippen LogP contribution in [-0.4, -0.2) is 7.11 Å². The Morgan fingerprint density at radius 2 is 1.73 bits per heavy atom. The van der Waals surface area contributed by atoms with Gasteiger partial charge in [-0.1, -0.05) is 0 Å². The molecular formula is C18H17Cl2OZr. The molecule has 0 amide bonds. The summed E-state index contributed by atoms with van der Waals surface area (Å²) in [4.78, 5) is 0. The maximum atomic E-state index is 5.24. The van der Waals surface area contributed by atoms with Crippen molar-refractivity contribution in [2.45, 2.75) is 17.0 Å².